The van der Waals surface area contributed by atoms with Crippen LogP contribution in [0.4, 0.5) is 0 Å². The van der Waals surface area contributed by atoms with Crippen LogP contribution >= 0.6 is 0 Å². The second kappa shape index (κ2) is 5.91. The normalized spacial score (nSPS) is 10.5. The maximum Gasteiger partial charge on any atom is 0.156 e. The highest BCUT2D eigenvalue weighted by molar-refractivity contribution is 5.95. The van der Waals surface area contributed by atoms with Crippen LogP contribution in [0.15, 0.2) is 36.4 Å². The molecule has 0 saturated carbocycles. The van der Waals surface area contributed by atoms with Crippen molar-refractivity contribution < 1.29 is 9.59 Å². The first-order valence-corrected chi connectivity index (χ1v) is 4.94. The number of ketones is 2. The van der Waals surface area contributed by atoms with Crippen molar-refractivity contribution in [3.05, 3.63) is 42.0 Å². The van der Waals surface area contributed by atoms with Gasteiger partial charge in [0.25, 0.3) is 0 Å². The zero-order chi connectivity index (χ0) is 11.1. The molecule has 0 bridgehead atoms. The Labute approximate surface area is 89.6 Å². The Kier molecular flexibility index (Phi) is 4.48. The predicted molar refractivity (Wildman–Crippen MR) is 60.4 cm³/mol. The van der Waals surface area contributed by atoms with Crippen molar-refractivity contribution in [2.45, 2.75) is 19.8 Å². The Morgan fingerprint density at radius 2 is 1.80 bits per heavy atom. The summed E-state index contributed by atoms with van der Waals surface area (Å²) in [5.74, 6) is 0.0468. The summed E-state index contributed by atoms with van der Waals surface area (Å²) in [5.41, 5.74) is 0.994. The van der Waals surface area contributed by atoms with Crippen molar-refractivity contribution >= 4 is 17.6 Å². The molecular weight excluding hydrogens is 188 g/mol. The predicted octanol–water partition coefficient (Wildman–Crippen LogP) is 2.64. The van der Waals surface area contributed by atoms with Crippen LogP contribution in [0.25, 0.3) is 6.08 Å². The molecule has 0 atom stereocenters. The molecule has 0 saturated heterocycles. The zero-order valence-electron chi connectivity index (χ0n) is 8.77. The molecule has 0 unspecified atom stereocenters. The minimum Gasteiger partial charge on any atom is -0.300 e. The van der Waals surface area contributed by atoms with Gasteiger partial charge in [-0.3, -0.25) is 4.79 Å². The molecule has 1 aromatic rings. The van der Waals surface area contributed by atoms with Crippen LogP contribution in [-0.4, -0.2) is 11.6 Å². The monoisotopic (exact) mass is 202 g/mol. The standard InChI is InChI=1S/C13H14O2/c1-11(14)7-9-13(15)10-8-12-5-3-2-4-6-12/h2-6,8,10H,7,9H2,1H3/b10-8+. The number of Topliss-reactive ketones (excluding diaryl/α,β-unsaturated/α-hetero) is 1. The van der Waals surface area contributed by atoms with Gasteiger partial charge in [0.2, 0.25) is 0 Å². The minimum atomic E-state index is -0.00551. The Balaban J connectivity index is 2.44. The summed E-state index contributed by atoms with van der Waals surface area (Å²) in [4.78, 5) is 21.9. The van der Waals surface area contributed by atoms with E-state index in [2.05, 4.69) is 0 Å². The summed E-state index contributed by atoms with van der Waals surface area (Å²) < 4.78 is 0. The third kappa shape index (κ3) is 4.91. The molecule has 0 spiro atoms. The quantitative estimate of drug-likeness (QED) is 0.688. The molecule has 0 aromatic heterocycles. The van der Waals surface area contributed by atoms with Crippen LogP contribution in [-0.2, 0) is 9.59 Å². The first-order chi connectivity index (χ1) is 7.18. The van der Waals surface area contributed by atoms with Gasteiger partial charge in [-0.2, -0.15) is 0 Å². The van der Waals surface area contributed by atoms with Crippen LogP contribution in [0.2, 0.25) is 0 Å². The molecule has 0 heterocycles. The molecule has 0 aliphatic carbocycles. The number of hydrogen-bond acceptors (Lipinski definition) is 2. The molecule has 0 N–H and O–H groups in total. The third-order valence-electron chi connectivity index (χ3n) is 1.98. The SMILES string of the molecule is CC(=O)CCC(=O)/C=C/c1ccccc1. The second-order valence-corrected chi connectivity index (χ2v) is 3.41. The van der Waals surface area contributed by atoms with Gasteiger partial charge in [-0.1, -0.05) is 36.4 Å². The van der Waals surface area contributed by atoms with E-state index in [1.54, 1.807) is 6.08 Å². The number of carbonyl (C=O) groups excluding carboxylic acids is 2. The summed E-state index contributed by atoms with van der Waals surface area (Å²) >= 11 is 0. The lowest BCUT2D eigenvalue weighted by molar-refractivity contribution is -0.120. The van der Waals surface area contributed by atoms with Crippen molar-refractivity contribution in [3.8, 4) is 0 Å². The molecule has 1 aromatic carbocycles. The van der Waals surface area contributed by atoms with E-state index in [1.807, 2.05) is 30.3 Å². The van der Waals surface area contributed by atoms with E-state index in [-0.39, 0.29) is 11.6 Å². The number of rotatable bonds is 5. The maximum absolute atomic E-state index is 11.3. The lowest BCUT2D eigenvalue weighted by Gasteiger charge is -1.92. The van der Waals surface area contributed by atoms with Gasteiger partial charge < -0.3 is 4.79 Å². The van der Waals surface area contributed by atoms with Gasteiger partial charge in [-0.25, -0.2) is 0 Å². The van der Waals surface area contributed by atoms with Crippen LogP contribution in [0.1, 0.15) is 25.3 Å². The van der Waals surface area contributed by atoms with Crippen LogP contribution in [0.3, 0.4) is 0 Å². The Morgan fingerprint density at radius 3 is 2.40 bits per heavy atom. The van der Waals surface area contributed by atoms with Crippen molar-refractivity contribution in [1.82, 2.24) is 0 Å². The van der Waals surface area contributed by atoms with Crippen molar-refractivity contribution in [2.75, 3.05) is 0 Å². The Hall–Kier alpha value is -1.70. The molecule has 1 rings (SSSR count). The second-order valence-electron chi connectivity index (χ2n) is 3.41. The molecule has 78 valence electrons. The first kappa shape index (κ1) is 11.4. The molecule has 0 radical (unpaired) electrons. The van der Waals surface area contributed by atoms with E-state index >= 15 is 0 Å². The summed E-state index contributed by atoms with van der Waals surface area (Å²) in [6, 6.07) is 9.61. The highest BCUT2D eigenvalue weighted by Crippen LogP contribution is 2.02. The topological polar surface area (TPSA) is 34.1 Å². The number of hydrogen-bond donors (Lipinski definition) is 0. The van der Waals surface area contributed by atoms with E-state index < -0.39 is 0 Å². The third-order valence-corrected chi connectivity index (χ3v) is 1.98. The molecule has 0 aliphatic rings. The fraction of sp³-hybridized carbons (Fsp3) is 0.231. The van der Waals surface area contributed by atoms with Crippen molar-refractivity contribution in [1.29, 1.82) is 0 Å². The fourth-order valence-corrected chi connectivity index (χ4v) is 1.14. The van der Waals surface area contributed by atoms with Gasteiger partial charge in [0, 0.05) is 12.8 Å². The molecule has 2 heteroatoms. The summed E-state index contributed by atoms with van der Waals surface area (Å²) in [5, 5.41) is 0. The van der Waals surface area contributed by atoms with Crippen LogP contribution in [0, 0.1) is 0 Å². The molecular formula is C13H14O2. The zero-order valence-corrected chi connectivity index (χ0v) is 8.77. The molecule has 2 nitrogen and oxygen atoms in total. The molecule has 0 amide bonds. The summed E-state index contributed by atoms with van der Waals surface area (Å²) in [7, 11) is 0. The summed E-state index contributed by atoms with van der Waals surface area (Å²) in [6.07, 6.45) is 3.93. The number of benzene rings is 1. The van der Waals surface area contributed by atoms with E-state index in [4.69, 9.17) is 0 Å². The minimum absolute atomic E-state index is 0.00551. The van der Waals surface area contributed by atoms with E-state index in [0.29, 0.717) is 12.8 Å². The Morgan fingerprint density at radius 1 is 1.13 bits per heavy atom. The average Bonchev–Trinajstić information content (AvgIpc) is 2.25. The maximum atomic E-state index is 11.3. The van der Waals surface area contributed by atoms with E-state index in [0.717, 1.165) is 5.56 Å². The van der Waals surface area contributed by atoms with Gasteiger partial charge in [-0.15, -0.1) is 0 Å². The molecule has 15 heavy (non-hydrogen) atoms. The fourth-order valence-electron chi connectivity index (χ4n) is 1.14. The highest BCUT2D eigenvalue weighted by Gasteiger charge is 1.99. The lowest BCUT2D eigenvalue weighted by atomic mass is 10.1. The van der Waals surface area contributed by atoms with Crippen LogP contribution in [0.5, 0.6) is 0 Å². The summed E-state index contributed by atoms with van der Waals surface area (Å²) in [6.45, 7) is 1.49. The highest BCUT2D eigenvalue weighted by atomic mass is 16.1. The van der Waals surface area contributed by atoms with Gasteiger partial charge in [0.05, 0.1) is 0 Å². The van der Waals surface area contributed by atoms with Crippen molar-refractivity contribution in [3.63, 3.8) is 0 Å². The van der Waals surface area contributed by atoms with E-state index in [9.17, 15) is 9.59 Å². The largest absolute Gasteiger partial charge is 0.300 e. The molecule has 0 aliphatic heterocycles. The Bertz CT molecular complexity index is 363. The average molecular weight is 202 g/mol. The van der Waals surface area contributed by atoms with Gasteiger partial charge in [0.15, 0.2) is 5.78 Å². The smallest absolute Gasteiger partial charge is 0.156 e. The van der Waals surface area contributed by atoms with Gasteiger partial charge >= 0.3 is 0 Å². The lowest BCUT2D eigenvalue weighted by Crippen LogP contribution is -1.97. The van der Waals surface area contributed by atoms with Gasteiger partial charge in [-0.05, 0) is 18.6 Å². The number of allylic oxidation sites excluding steroid dienone is 1. The van der Waals surface area contributed by atoms with Gasteiger partial charge in [0.1, 0.15) is 5.78 Å². The van der Waals surface area contributed by atoms with Crippen LogP contribution < -0.4 is 0 Å². The van der Waals surface area contributed by atoms with Crippen molar-refractivity contribution in [2.24, 2.45) is 0 Å². The van der Waals surface area contributed by atoms with E-state index in [1.165, 1.54) is 13.0 Å². The number of carbonyl (C=O) groups is 2. The molecule has 0 fully saturated rings. The first-order valence-electron chi connectivity index (χ1n) is 4.94.